The van der Waals surface area contributed by atoms with Gasteiger partial charge in [-0.05, 0) is 60.6 Å². The summed E-state index contributed by atoms with van der Waals surface area (Å²) in [4.78, 5) is 16.2. The van der Waals surface area contributed by atoms with Gasteiger partial charge < -0.3 is 4.74 Å². The van der Waals surface area contributed by atoms with E-state index in [0.717, 1.165) is 51.8 Å². The molecule has 0 bridgehead atoms. The fraction of sp³-hybridized carbons (Fsp3) is 0.269. The summed E-state index contributed by atoms with van der Waals surface area (Å²) >= 11 is 3.37. The van der Waals surface area contributed by atoms with Crippen molar-refractivity contribution in [3.05, 3.63) is 81.0 Å². The van der Waals surface area contributed by atoms with E-state index in [9.17, 15) is 4.79 Å². The van der Waals surface area contributed by atoms with Crippen LogP contribution in [0, 0.1) is 5.92 Å². The molecule has 3 heterocycles. The molecule has 1 aliphatic rings. The maximum atomic E-state index is 13.9. The summed E-state index contributed by atoms with van der Waals surface area (Å²) in [5.41, 5.74) is 3.20. The summed E-state index contributed by atoms with van der Waals surface area (Å²) in [6.07, 6.45) is 3.09. The fourth-order valence-electron chi connectivity index (χ4n) is 4.67. The number of para-hydroxylation sites is 1. The van der Waals surface area contributed by atoms with Gasteiger partial charge in [-0.15, -0.1) is 21.5 Å². The molecule has 6 nitrogen and oxygen atoms in total. The van der Waals surface area contributed by atoms with Gasteiger partial charge in [-0.1, -0.05) is 49.0 Å². The predicted molar refractivity (Wildman–Crippen MR) is 138 cm³/mol. The Labute approximate surface area is 205 Å². The van der Waals surface area contributed by atoms with Gasteiger partial charge in [-0.25, -0.2) is 8.97 Å². The second-order valence-electron chi connectivity index (χ2n) is 8.76. The van der Waals surface area contributed by atoms with E-state index in [1.165, 1.54) is 16.0 Å². The first-order valence-corrected chi connectivity index (χ1v) is 13.2. The van der Waals surface area contributed by atoms with Crippen molar-refractivity contribution in [3.8, 4) is 11.4 Å². The van der Waals surface area contributed by atoms with E-state index < -0.39 is 0 Å². The van der Waals surface area contributed by atoms with Crippen molar-refractivity contribution in [1.29, 1.82) is 0 Å². The minimum Gasteiger partial charge on any atom is -0.497 e. The average Bonchev–Trinajstić information content (AvgIpc) is 3.45. The summed E-state index contributed by atoms with van der Waals surface area (Å²) in [6, 6.07) is 17.8. The van der Waals surface area contributed by atoms with Crippen LogP contribution in [0.15, 0.2) is 64.5 Å². The van der Waals surface area contributed by atoms with E-state index in [1.807, 2.05) is 42.5 Å². The molecule has 0 saturated carbocycles. The van der Waals surface area contributed by atoms with Gasteiger partial charge in [-0.3, -0.25) is 4.79 Å². The van der Waals surface area contributed by atoms with E-state index >= 15 is 0 Å². The van der Waals surface area contributed by atoms with Gasteiger partial charge >= 0.3 is 0 Å². The number of hydrogen-bond acceptors (Lipinski definition) is 6. The molecule has 8 heteroatoms. The molecule has 0 aliphatic heterocycles. The van der Waals surface area contributed by atoms with Crippen molar-refractivity contribution in [2.24, 2.45) is 5.92 Å². The van der Waals surface area contributed by atoms with E-state index in [1.54, 1.807) is 34.8 Å². The largest absolute Gasteiger partial charge is 0.497 e. The van der Waals surface area contributed by atoms with Crippen LogP contribution in [0.4, 0.5) is 0 Å². The van der Waals surface area contributed by atoms with Crippen molar-refractivity contribution < 1.29 is 4.74 Å². The van der Waals surface area contributed by atoms with Crippen LogP contribution >= 0.6 is 23.1 Å². The van der Waals surface area contributed by atoms with Crippen molar-refractivity contribution >= 4 is 39.1 Å². The van der Waals surface area contributed by atoms with E-state index in [4.69, 9.17) is 4.74 Å². The van der Waals surface area contributed by atoms with E-state index in [-0.39, 0.29) is 5.56 Å². The van der Waals surface area contributed by atoms with E-state index in [2.05, 4.69) is 33.7 Å². The molecule has 0 fully saturated rings. The summed E-state index contributed by atoms with van der Waals surface area (Å²) in [7, 11) is 1.67. The molecule has 0 spiro atoms. The van der Waals surface area contributed by atoms with Gasteiger partial charge in [0, 0.05) is 10.6 Å². The number of ether oxygens (including phenoxy) is 1. The third kappa shape index (κ3) is 3.52. The zero-order valence-corrected chi connectivity index (χ0v) is 20.7. The topological polar surface area (TPSA) is 61.4 Å². The Morgan fingerprint density at radius 1 is 1.12 bits per heavy atom. The quantitative estimate of drug-likeness (QED) is 0.305. The molecule has 5 aromatic rings. The Kier molecular flexibility index (Phi) is 5.42. The summed E-state index contributed by atoms with van der Waals surface area (Å²) in [5.74, 6) is 2.79. The highest BCUT2D eigenvalue weighted by Gasteiger charge is 2.27. The van der Waals surface area contributed by atoms with Crippen LogP contribution in [-0.4, -0.2) is 26.3 Å². The number of methoxy groups -OCH3 is 1. The van der Waals surface area contributed by atoms with Crippen LogP contribution in [0.25, 0.3) is 21.7 Å². The fourth-order valence-corrected chi connectivity index (χ4v) is 7.12. The molecule has 3 aromatic heterocycles. The minimum absolute atomic E-state index is 0.000132. The number of aromatic nitrogens is 4. The Balaban J connectivity index is 1.54. The van der Waals surface area contributed by atoms with Crippen LogP contribution < -0.4 is 10.3 Å². The number of fused-ring (bicyclic) bond motifs is 5. The summed E-state index contributed by atoms with van der Waals surface area (Å²) in [5, 5.41) is 10.7. The van der Waals surface area contributed by atoms with Crippen molar-refractivity contribution in [2.45, 2.75) is 37.1 Å². The van der Waals surface area contributed by atoms with Gasteiger partial charge in [0.1, 0.15) is 10.6 Å². The van der Waals surface area contributed by atoms with Gasteiger partial charge in [-0.2, -0.15) is 0 Å². The first-order valence-electron chi connectivity index (χ1n) is 11.4. The molecule has 2 aromatic carbocycles. The highest BCUT2D eigenvalue weighted by Crippen LogP contribution is 2.38. The molecular formula is C26H24N4O2S2. The van der Waals surface area contributed by atoms with Gasteiger partial charge in [0.25, 0.3) is 5.56 Å². The molecule has 1 atom stereocenters. The smallest absolute Gasteiger partial charge is 0.268 e. The number of hydrogen-bond donors (Lipinski definition) is 0. The summed E-state index contributed by atoms with van der Waals surface area (Å²) in [6.45, 7) is 2.29. The van der Waals surface area contributed by atoms with Crippen molar-refractivity contribution in [2.75, 3.05) is 7.11 Å². The average molecular weight is 489 g/mol. The Morgan fingerprint density at radius 3 is 2.68 bits per heavy atom. The molecule has 0 unspecified atom stereocenters. The highest BCUT2D eigenvalue weighted by molar-refractivity contribution is 7.98. The van der Waals surface area contributed by atoms with Crippen molar-refractivity contribution in [3.63, 3.8) is 0 Å². The molecule has 34 heavy (non-hydrogen) atoms. The maximum absolute atomic E-state index is 13.9. The number of rotatable bonds is 5. The number of thiophene rings is 1. The number of nitrogens with zero attached hydrogens (tertiary/aromatic N) is 4. The molecule has 1 aliphatic carbocycles. The third-order valence-corrected chi connectivity index (χ3v) is 8.71. The first-order chi connectivity index (χ1) is 16.6. The zero-order chi connectivity index (χ0) is 23.2. The Morgan fingerprint density at radius 2 is 1.91 bits per heavy atom. The molecule has 172 valence electrons. The van der Waals surface area contributed by atoms with E-state index in [0.29, 0.717) is 11.7 Å². The van der Waals surface area contributed by atoms with Crippen LogP contribution in [0.1, 0.15) is 29.3 Å². The van der Waals surface area contributed by atoms with Crippen LogP contribution in [0.3, 0.4) is 0 Å². The molecule has 0 N–H and O–H groups in total. The maximum Gasteiger partial charge on any atom is 0.268 e. The predicted octanol–water partition coefficient (Wildman–Crippen LogP) is 5.52. The Bertz CT molecular complexity index is 1550. The SMILES string of the molecule is COc1ccc(CSc2nnc3n(-c4ccccc4)c(=O)c4c5c(sc4n23)C[C@@H](C)CC5)cc1. The second-order valence-corrected chi connectivity index (χ2v) is 10.8. The van der Waals surface area contributed by atoms with Gasteiger partial charge in [0.2, 0.25) is 5.78 Å². The zero-order valence-electron chi connectivity index (χ0n) is 19.0. The number of benzene rings is 2. The van der Waals surface area contributed by atoms with Crippen molar-refractivity contribution in [1.82, 2.24) is 19.2 Å². The lowest BCUT2D eigenvalue weighted by Crippen LogP contribution is -2.22. The molecule has 0 saturated heterocycles. The third-order valence-electron chi connectivity index (χ3n) is 6.47. The monoisotopic (exact) mass is 488 g/mol. The summed E-state index contributed by atoms with van der Waals surface area (Å²) < 4.78 is 9.08. The lowest BCUT2D eigenvalue weighted by Gasteiger charge is -2.17. The first kappa shape index (κ1) is 21.4. The minimum atomic E-state index is -0.000132. The lowest BCUT2D eigenvalue weighted by atomic mass is 9.89. The number of thioether (sulfide) groups is 1. The van der Waals surface area contributed by atoms with Crippen LogP contribution in [-0.2, 0) is 18.6 Å². The van der Waals surface area contributed by atoms with Crippen LogP contribution in [0.5, 0.6) is 5.75 Å². The van der Waals surface area contributed by atoms with Gasteiger partial charge in [0.15, 0.2) is 5.16 Å². The van der Waals surface area contributed by atoms with Crippen LogP contribution in [0.2, 0.25) is 0 Å². The molecule has 0 radical (unpaired) electrons. The highest BCUT2D eigenvalue weighted by atomic mass is 32.2. The lowest BCUT2D eigenvalue weighted by molar-refractivity contribution is 0.414. The standard InChI is InChI=1S/C26H24N4O2S2/c1-16-8-13-20-21(14-16)34-24-22(20)23(31)29(18-6-4-3-5-7-18)25-27-28-26(30(24)25)33-15-17-9-11-19(32-2)12-10-17/h3-7,9-12,16H,8,13-15H2,1-2H3/t16-/m0/s1. The van der Waals surface area contributed by atoms with Gasteiger partial charge in [0.05, 0.1) is 18.2 Å². The number of aryl methyl sites for hydroxylation is 1. The normalized spacial score (nSPS) is 15.6. The Hall–Kier alpha value is -3.10. The molecule has 6 rings (SSSR count). The second kappa shape index (κ2) is 8.60. The molecular weight excluding hydrogens is 464 g/mol. The molecule has 0 amide bonds.